The van der Waals surface area contributed by atoms with Gasteiger partial charge in [0.05, 0.1) is 39.0 Å². The molecule has 2 N–H and O–H groups in total. The van der Waals surface area contributed by atoms with Crippen molar-refractivity contribution >= 4 is 40.1 Å². The minimum absolute atomic E-state index is 0.0157. The molecule has 4 heterocycles. The minimum atomic E-state index is -0.883. The zero-order chi connectivity index (χ0) is 23.3. The van der Waals surface area contributed by atoms with Crippen LogP contribution >= 0.6 is 23.2 Å². The third-order valence-corrected chi connectivity index (χ3v) is 6.02. The molecule has 0 bridgehead atoms. The molecule has 0 saturated carbocycles. The molecule has 1 saturated heterocycles. The van der Waals surface area contributed by atoms with Gasteiger partial charge in [-0.05, 0) is 36.3 Å². The van der Waals surface area contributed by atoms with E-state index in [0.29, 0.717) is 23.3 Å². The predicted octanol–water partition coefficient (Wildman–Crippen LogP) is 1.81. The fraction of sp³-hybridized carbons (Fsp3) is 0.200. The van der Waals surface area contributed by atoms with Gasteiger partial charge in [0.15, 0.2) is 0 Å². The molecule has 1 aromatic carbocycles. The smallest absolute Gasteiger partial charge is 0.354 e. The van der Waals surface area contributed by atoms with Gasteiger partial charge in [0.2, 0.25) is 0 Å². The molecule has 1 atom stereocenters. The SMILES string of the molecule is [C-]#[N+]c1nn(-c2cc(Cl)c(-n3ncc4c3ccc(=O)n4C3CCNC3)c(Cl)c2)c(=O)[nH]c1=O. The molecule has 0 radical (unpaired) electrons. The van der Waals surface area contributed by atoms with E-state index in [4.69, 9.17) is 29.8 Å². The number of aromatic amines is 1. The summed E-state index contributed by atoms with van der Waals surface area (Å²) in [6.07, 6.45) is 2.42. The number of hydrogen-bond donors (Lipinski definition) is 2. The minimum Gasteiger partial charge on any atom is -0.354 e. The molecule has 33 heavy (non-hydrogen) atoms. The summed E-state index contributed by atoms with van der Waals surface area (Å²) >= 11 is 13.1. The molecule has 0 amide bonds. The van der Waals surface area contributed by atoms with Crippen molar-refractivity contribution in [2.45, 2.75) is 12.5 Å². The van der Waals surface area contributed by atoms with Gasteiger partial charge in [-0.2, -0.15) is 5.10 Å². The number of hydrogen-bond acceptors (Lipinski definition) is 6. The van der Waals surface area contributed by atoms with Crippen molar-refractivity contribution in [1.82, 2.24) is 34.4 Å². The van der Waals surface area contributed by atoms with E-state index in [-0.39, 0.29) is 27.3 Å². The topological polar surface area (TPSA) is 124 Å². The molecule has 0 spiro atoms. The van der Waals surface area contributed by atoms with Crippen LogP contribution < -0.4 is 22.1 Å². The second kappa shape index (κ2) is 8.00. The number of nitrogens with zero attached hydrogens (tertiary/aromatic N) is 6. The highest BCUT2D eigenvalue weighted by Crippen LogP contribution is 2.33. The lowest BCUT2D eigenvalue weighted by atomic mass is 10.2. The van der Waals surface area contributed by atoms with Gasteiger partial charge in [0.25, 0.3) is 11.1 Å². The van der Waals surface area contributed by atoms with Crippen LogP contribution in [0.15, 0.2) is 44.8 Å². The number of H-pyrrole nitrogens is 1. The van der Waals surface area contributed by atoms with Gasteiger partial charge in [-0.25, -0.2) is 9.48 Å². The second-order valence-electron chi connectivity index (χ2n) is 7.38. The summed E-state index contributed by atoms with van der Waals surface area (Å²) in [5, 5.41) is 11.7. The first kappa shape index (κ1) is 21.1. The van der Waals surface area contributed by atoms with Crippen molar-refractivity contribution in [1.29, 1.82) is 0 Å². The Morgan fingerprint density at radius 1 is 1.09 bits per heavy atom. The van der Waals surface area contributed by atoms with Crippen LogP contribution in [0, 0.1) is 6.57 Å². The first-order chi connectivity index (χ1) is 15.9. The Kier molecular flexibility index (Phi) is 5.13. The number of benzene rings is 1. The van der Waals surface area contributed by atoms with E-state index in [1.54, 1.807) is 16.8 Å². The highest BCUT2D eigenvalue weighted by Gasteiger charge is 2.23. The highest BCUT2D eigenvalue weighted by molar-refractivity contribution is 6.38. The lowest BCUT2D eigenvalue weighted by Crippen LogP contribution is -2.30. The quantitative estimate of drug-likeness (QED) is 0.427. The number of pyridine rings is 1. The summed E-state index contributed by atoms with van der Waals surface area (Å²) in [5.41, 5.74) is -0.0691. The molecule has 1 aliphatic rings. The van der Waals surface area contributed by atoms with E-state index >= 15 is 0 Å². The Hall–Kier alpha value is -3.72. The molecule has 1 fully saturated rings. The summed E-state index contributed by atoms with van der Waals surface area (Å²) in [6.45, 7) is 8.55. The lowest BCUT2D eigenvalue weighted by Gasteiger charge is -2.15. The third-order valence-electron chi connectivity index (χ3n) is 5.44. The first-order valence-electron chi connectivity index (χ1n) is 9.80. The van der Waals surface area contributed by atoms with Crippen LogP contribution in [0.2, 0.25) is 10.0 Å². The van der Waals surface area contributed by atoms with Crippen molar-refractivity contribution in [3.63, 3.8) is 0 Å². The van der Waals surface area contributed by atoms with E-state index in [1.165, 1.54) is 22.9 Å². The average molecular weight is 485 g/mol. The van der Waals surface area contributed by atoms with Crippen molar-refractivity contribution in [2.24, 2.45) is 0 Å². The van der Waals surface area contributed by atoms with Crippen LogP contribution in [0.25, 0.3) is 27.3 Å². The van der Waals surface area contributed by atoms with Crippen LogP contribution in [0.4, 0.5) is 5.82 Å². The van der Waals surface area contributed by atoms with Crippen molar-refractivity contribution in [2.75, 3.05) is 13.1 Å². The zero-order valence-electron chi connectivity index (χ0n) is 16.7. The summed E-state index contributed by atoms with van der Waals surface area (Å²) < 4.78 is 4.07. The lowest BCUT2D eigenvalue weighted by molar-refractivity contribution is 0.548. The Labute approximate surface area is 194 Å². The van der Waals surface area contributed by atoms with Crippen LogP contribution in [0.3, 0.4) is 0 Å². The molecule has 1 unspecified atom stereocenters. The standard InChI is InChI=1S/C20H14Cl2N8O3/c1-23-18-19(32)26-20(33)29(27-18)11-6-12(21)17(13(22)7-11)30-14-2-3-16(31)28(15(14)9-25-30)10-4-5-24-8-10/h2-3,6-7,9-10,24H,4-5,8H2,(H,26,32,33). The van der Waals surface area contributed by atoms with E-state index in [1.807, 2.05) is 4.98 Å². The molecule has 1 aliphatic heterocycles. The van der Waals surface area contributed by atoms with Gasteiger partial charge in [-0.3, -0.25) is 14.6 Å². The number of fused-ring (bicyclic) bond motifs is 1. The number of nitrogens with one attached hydrogen (secondary N) is 2. The second-order valence-corrected chi connectivity index (χ2v) is 8.19. The Bertz CT molecular complexity index is 1610. The van der Waals surface area contributed by atoms with E-state index in [0.717, 1.165) is 17.6 Å². The molecule has 11 nitrogen and oxygen atoms in total. The molecule has 0 aliphatic carbocycles. The zero-order valence-corrected chi connectivity index (χ0v) is 18.3. The molecule has 5 rings (SSSR count). The van der Waals surface area contributed by atoms with E-state index in [2.05, 4.69) is 20.4 Å². The van der Waals surface area contributed by atoms with Gasteiger partial charge in [0.1, 0.15) is 5.69 Å². The number of aromatic nitrogens is 6. The summed E-state index contributed by atoms with van der Waals surface area (Å²) in [4.78, 5) is 41.5. The molecule has 4 aromatic rings. The average Bonchev–Trinajstić information content (AvgIpc) is 3.44. The van der Waals surface area contributed by atoms with Gasteiger partial charge >= 0.3 is 11.5 Å². The summed E-state index contributed by atoms with van der Waals surface area (Å²) in [7, 11) is 0. The van der Waals surface area contributed by atoms with Crippen LogP contribution in [0.5, 0.6) is 0 Å². The van der Waals surface area contributed by atoms with Crippen LogP contribution in [-0.4, -0.2) is 42.2 Å². The van der Waals surface area contributed by atoms with Crippen molar-refractivity contribution < 1.29 is 0 Å². The van der Waals surface area contributed by atoms with Crippen LogP contribution in [-0.2, 0) is 0 Å². The largest absolute Gasteiger partial charge is 0.365 e. The van der Waals surface area contributed by atoms with Gasteiger partial charge in [0, 0.05) is 12.6 Å². The Morgan fingerprint density at radius 3 is 2.52 bits per heavy atom. The number of halogens is 2. The highest BCUT2D eigenvalue weighted by atomic mass is 35.5. The van der Waals surface area contributed by atoms with Gasteiger partial charge in [-0.1, -0.05) is 29.8 Å². The summed E-state index contributed by atoms with van der Waals surface area (Å²) in [5.74, 6) is -0.497. The molecular weight excluding hydrogens is 471 g/mol. The fourth-order valence-electron chi connectivity index (χ4n) is 3.97. The predicted molar refractivity (Wildman–Crippen MR) is 122 cm³/mol. The summed E-state index contributed by atoms with van der Waals surface area (Å²) in [6, 6.07) is 5.99. The van der Waals surface area contributed by atoms with Gasteiger partial charge in [-0.15, -0.1) is 4.68 Å². The van der Waals surface area contributed by atoms with E-state index in [9.17, 15) is 14.4 Å². The van der Waals surface area contributed by atoms with Crippen molar-refractivity contribution in [3.8, 4) is 11.4 Å². The molecule has 13 heteroatoms. The first-order valence-corrected chi connectivity index (χ1v) is 10.6. The van der Waals surface area contributed by atoms with Crippen molar-refractivity contribution in [3.05, 3.63) is 83.1 Å². The Balaban J connectivity index is 1.67. The maximum absolute atomic E-state index is 12.6. The fourth-order valence-corrected chi connectivity index (χ4v) is 4.61. The maximum Gasteiger partial charge on any atom is 0.365 e. The third kappa shape index (κ3) is 3.45. The molecular formula is C20H14Cl2N8O3. The number of rotatable bonds is 3. The normalized spacial score (nSPS) is 15.7. The Morgan fingerprint density at radius 2 is 1.85 bits per heavy atom. The van der Waals surface area contributed by atoms with E-state index < -0.39 is 17.1 Å². The maximum atomic E-state index is 12.6. The molecule has 3 aromatic heterocycles. The molecule has 166 valence electrons. The van der Waals surface area contributed by atoms with Gasteiger partial charge < -0.3 is 14.7 Å². The monoisotopic (exact) mass is 484 g/mol. The van der Waals surface area contributed by atoms with Crippen LogP contribution in [0.1, 0.15) is 12.5 Å².